The summed E-state index contributed by atoms with van der Waals surface area (Å²) in [6, 6.07) is 9.69. The quantitative estimate of drug-likeness (QED) is 0.409. The monoisotopic (exact) mass is 294 g/mol. The third-order valence-corrected chi connectivity index (χ3v) is 2.78. The Labute approximate surface area is 124 Å². The van der Waals surface area contributed by atoms with E-state index in [1.165, 1.54) is 6.08 Å². The molecule has 1 rings (SSSR count). The molecule has 0 radical (unpaired) electrons. The largest absolute Gasteiger partial charge is 0.463 e. The Bertz CT molecular complexity index is 430. The van der Waals surface area contributed by atoms with E-state index in [4.69, 9.17) is 4.74 Å². The molecule has 1 aromatic carbocycles. The van der Waals surface area contributed by atoms with E-state index in [-0.39, 0.29) is 13.0 Å². The molecular weight excluding hydrogens is 272 g/mol. The van der Waals surface area contributed by atoms with E-state index in [9.17, 15) is 15.0 Å². The number of rotatable bonds is 9. The molecule has 0 aliphatic heterocycles. The van der Waals surface area contributed by atoms with Crippen LogP contribution >= 0.6 is 0 Å². The molecule has 0 heterocycles. The van der Waals surface area contributed by atoms with E-state index < -0.39 is 18.2 Å². The third kappa shape index (κ3) is 7.60. The first-order chi connectivity index (χ1) is 10.1. The highest BCUT2D eigenvalue weighted by Crippen LogP contribution is 2.04. The molecule has 0 saturated carbocycles. The molecule has 0 amide bonds. The first-order valence-corrected chi connectivity index (χ1v) is 6.96. The highest BCUT2D eigenvalue weighted by molar-refractivity contribution is 5.81. The van der Waals surface area contributed by atoms with Crippen molar-refractivity contribution in [3.05, 3.63) is 48.0 Å². The fourth-order valence-electron chi connectivity index (χ4n) is 1.63. The molecule has 2 N–H and O–H groups in total. The highest BCUT2D eigenvalue weighted by atomic mass is 16.5. The summed E-state index contributed by atoms with van der Waals surface area (Å²) in [6.45, 7) is 2.75. The minimum absolute atomic E-state index is 0.273. The van der Waals surface area contributed by atoms with Gasteiger partial charge in [0.1, 0.15) is 0 Å². The van der Waals surface area contributed by atoms with Crippen LogP contribution in [0.3, 0.4) is 0 Å². The van der Waals surface area contributed by atoms with Crippen molar-refractivity contribution in [3.8, 4) is 0 Å². The van der Waals surface area contributed by atoms with Gasteiger partial charge in [-0.25, -0.2) is 4.79 Å². The molecule has 21 heavy (non-hydrogen) atoms. The lowest BCUT2D eigenvalue weighted by molar-refractivity contribution is -0.137. The fraction of sp³-hybridized carbons (Fsp3) is 0.438. The van der Waals surface area contributed by atoms with Crippen molar-refractivity contribution in [2.45, 2.75) is 32.2 Å². The van der Waals surface area contributed by atoms with Crippen molar-refractivity contribution in [2.24, 2.45) is 0 Å². The number of ether oxygens (including phenoxy) is 2. The average Bonchev–Trinajstić information content (AvgIpc) is 2.50. The molecule has 0 aromatic heterocycles. The van der Waals surface area contributed by atoms with Gasteiger partial charge in [-0.2, -0.15) is 0 Å². The van der Waals surface area contributed by atoms with E-state index in [1.54, 1.807) is 6.92 Å². The van der Waals surface area contributed by atoms with E-state index in [0.717, 1.165) is 11.6 Å². The van der Waals surface area contributed by atoms with Crippen LogP contribution < -0.4 is 0 Å². The zero-order valence-electron chi connectivity index (χ0n) is 12.1. The second kappa shape index (κ2) is 10.1. The van der Waals surface area contributed by atoms with Crippen LogP contribution in [-0.4, -0.2) is 41.6 Å². The Morgan fingerprint density at radius 3 is 2.67 bits per heavy atom. The molecule has 116 valence electrons. The SMILES string of the molecule is CCOC(=O)/C=C/C(O)C(O)CCOCc1ccccc1. The number of hydrogen-bond acceptors (Lipinski definition) is 5. The maximum absolute atomic E-state index is 11.1. The number of carbonyl (C=O) groups is 1. The third-order valence-electron chi connectivity index (χ3n) is 2.78. The molecule has 5 nitrogen and oxygen atoms in total. The molecule has 5 heteroatoms. The van der Waals surface area contributed by atoms with Crippen LogP contribution in [-0.2, 0) is 20.9 Å². The van der Waals surface area contributed by atoms with E-state index in [1.807, 2.05) is 30.3 Å². The van der Waals surface area contributed by atoms with Crippen molar-refractivity contribution in [2.75, 3.05) is 13.2 Å². The Hall–Kier alpha value is -1.69. The maximum atomic E-state index is 11.1. The summed E-state index contributed by atoms with van der Waals surface area (Å²) >= 11 is 0. The molecule has 1 aromatic rings. The van der Waals surface area contributed by atoms with Gasteiger partial charge >= 0.3 is 5.97 Å². The van der Waals surface area contributed by atoms with Gasteiger partial charge in [-0.15, -0.1) is 0 Å². The Morgan fingerprint density at radius 1 is 1.29 bits per heavy atom. The smallest absolute Gasteiger partial charge is 0.330 e. The summed E-state index contributed by atoms with van der Waals surface area (Å²) in [4.78, 5) is 11.1. The van der Waals surface area contributed by atoms with Crippen LogP contribution in [0.2, 0.25) is 0 Å². The summed E-state index contributed by atoms with van der Waals surface area (Å²) in [5.41, 5.74) is 1.05. The predicted molar refractivity (Wildman–Crippen MR) is 78.5 cm³/mol. The number of carbonyl (C=O) groups excluding carboxylic acids is 1. The summed E-state index contributed by atoms with van der Waals surface area (Å²) in [6.07, 6.45) is 0.518. The number of aliphatic hydroxyl groups excluding tert-OH is 2. The summed E-state index contributed by atoms with van der Waals surface area (Å²) in [5, 5.41) is 19.4. The van der Waals surface area contributed by atoms with Crippen molar-refractivity contribution in [1.29, 1.82) is 0 Å². The Kier molecular flexibility index (Phi) is 8.35. The molecule has 0 spiro atoms. The standard InChI is InChI=1S/C16H22O5/c1-2-21-16(19)9-8-14(17)15(18)10-11-20-12-13-6-4-3-5-7-13/h3-9,14-15,17-18H,2,10-12H2,1H3/b9-8+. The van der Waals surface area contributed by atoms with Crippen molar-refractivity contribution in [1.82, 2.24) is 0 Å². The molecular formula is C16H22O5. The second-order valence-electron chi connectivity index (χ2n) is 4.50. The number of aliphatic hydroxyl groups is 2. The van der Waals surface area contributed by atoms with E-state index >= 15 is 0 Å². The van der Waals surface area contributed by atoms with Crippen molar-refractivity contribution < 1.29 is 24.5 Å². The lowest BCUT2D eigenvalue weighted by Crippen LogP contribution is -2.25. The minimum Gasteiger partial charge on any atom is -0.463 e. The number of esters is 1. The zero-order valence-corrected chi connectivity index (χ0v) is 12.1. The van der Waals surface area contributed by atoms with Crippen LogP contribution in [0, 0.1) is 0 Å². The van der Waals surface area contributed by atoms with Gasteiger partial charge in [0.15, 0.2) is 0 Å². The molecule has 0 aliphatic carbocycles. The summed E-state index contributed by atoms with van der Waals surface area (Å²) in [5.74, 6) is -0.538. The van der Waals surface area contributed by atoms with Gasteiger partial charge in [0.2, 0.25) is 0 Å². The Balaban J connectivity index is 2.20. The van der Waals surface area contributed by atoms with Crippen LogP contribution in [0.4, 0.5) is 0 Å². The van der Waals surface area contributed by atoms with Gasteiger partial charge in [-0.1, -0.05) is 30.3 Å². The van der Waals surface area contributed by atoms with Gasteiger partial charge in [0, 0.05) is 12.7 Å². The highest BCUT2D eigenvalue weighted by Gasteiger charge is 2.13. The molecule has 0 bridgehead atoms. The molecule has 2 unspecified atom stereocenters. The lowest BCUT2D eigenvalue weighted by atomic mass is 10.1. The summed E-state index contributed by atoms with van der Waals surface area (Å²) in [7, 11) is 0. The van der Waals surface area contributed by atoms with Gasteiger partial charge in [0.25, 0.3) is 0 Å². The van der Waals surface area contributed by atoms with Gasteiger partial charge in [0.05, 0.1) is 25.4 Å². The maximum Gasteiger partial charge on any atom is 0.330 e. The van der Waals surface area contributed by atoms with Gasteiger partial charge in [-0.05, 0) is 25.0 Å². The topological polar surface area (TPSA) is 76.0 Å². The minimum atomic E-state index is -1.12. The van der Waals surface area contributed by atoms with Crippen LogP contribution in [0.25, 0.3) is 0 Å². The molecule has 0 aliphatic rings. The van der Waals surface area contributed by atoms with E-state index in [0.29, 0.717) is 13.2 Å². The van der Waals surface area contributed by atoms with Crippen LogP contribution in [0.1, 0.15) is 18.9 Å². The lowest BCUT2D eigenvalue weighted by Gasteiger charge is -2.14. The Morgan fingerprint density at radius 2 is 2.00 bits per heavy atom. The van der Waals surface area contributed by atoms with Crippen LogP contribution in [0.15, 0.2) is 42.5 Å². The second-order valence-corrected chi connectivity index (χ2v) is 4.50. The summed E-state index contributed by atoms with van der Waals surface area (Å²) < 4.78 is 10.1. The van der Waals surface area contributed by atoms with Gasteiger partial charge < -0.3 is 19.7 Å². The molecule has 0 fully saturated rings. The van der Waals surface area contributed by atoms with Crippen molar-refractivity contribution >= 4 is 5.97 Å². The first kappa shape index (κ1) is 17.4. The van der Waals surface area contributed by atoms with Crippen LogP contribution in [0.5, 0.6) is 0 Å². The molecule has 0 saturated heterocycles. The van der Waals surface area contributed by atoms with Crippen molar-refractivity contribution in [3.63, 3.8) is 0 Å². The van der Waals surface area contributed by atoms with Gasteiger partial charge in [-0.3, -0.25) is 0 Å². The zero-order chi connectivity index (χ0) is 15.5. The fourth-order valence-corrected chi connectivity index (χ4v) is 1.63. The van der Waals surface area contributed by atoms with E-state index in [2.05, 4.69) is 4.74 Å². The number of benzene rings is 1. The average molecular weight is 294 g/mol. The molecule has 2 atom stereocenters. The first-order valence-electron chi connectivity index (χ1n) is 6.96. The number of hydrogen-bond donors (Lipinski definition) is 2. The predicted octanol–water partition coefficient (Wildman–Crippen LogP) is 1.43. The normalized spacial score (nSPS) is 14.0.